The van der Waals surface area contributed by atoms with Crippen molar-refractivity contribution in [2.24, 2.45) is 7.05 Å². The topological polar surface area (TPSA) is 54.3 Å². The van der Waals surface area contributed by atoms with Crippen LogP contribution in [0.4, 0.5) is 4.39 Å². The molecule has 0 N–H and O–H groups in total. The first-order chi connectivity index (χ1) is 16.8. The van der Waals surface area contributed by atoms with E-state index in [1.54, 1.807) is 12.1 Å². The molecule has 35 heavy (non-hydrogen) atoms. The van der Waals surface area contributed by atoms with Gasteiger partial charge in [-0.1, -0.05) is 35.9 Å². The van der Waals surface area contributed by atoms with Gasteiger partial charge in [0.05, 0.1) is 22.5 Å². The molecule has 1 fully saturated rings. The number of fused-ring (bicyclic) bond motifs is 1. The average molecular weight is 492 g/mol. The highest BCUT2D eigenvalue weighted by Gasteiger charge is 2.26. The van der Waals surface area contributed by atoms with Crippen molar-refractivity contribution in [3.8, 4) is 11.3 Å². The summed E-state index contributed by atoms with van der Waals surface area (Å²) in [6, 6.07) is 14.4. The number of piperazine rings is 1. The predicted molar refractivity (Wildman–Crippen MR) is 136 cm³/mol. The van der Waals surface area contributed by atoms with E-state index in [4.69, 9.17) is 16.6 Å². The molecule has 1 aliphatic heterocycles. The molecular formula is C27H27ClFN5O. The van der Waals surface area contributed by atoms with Crippen molar-refractivity contribution in [2.75, 3.05) is 26.2 Å². The van der Waals surface area contributed by atoms with Crippen LogP contribution in [0.15, 0.2) is 48.5 Å². The second kappa shape index (κ2) is 9.40. The molecule has 2 aromatic carbocycles. The fraction of sp³-hybridized carbons (Fsp3) is 0.296. The number of aryl methyl sites for hydroxylation is 2. The first-order valence-corrected chi connectivity index (χ1v) is 12.1. The van der Waals surface area contributed by atoms with Gasteiger partial charge < -0.3 is 4.90 Å². The molecule has 0 unspecified atom stereocenters. The van der Waals surface area contributed by atoms with Crippen LogP contribution in [-0.4, -0.2) is 56.7 Å². The van der Waals surface area contributed by atoms with E-state index >= 15 is 0 Å². The number of para-hydroxylation sites is 1. The number of nitrogens with zero attached hydrogens (tertiary/aromatic N) is 5. The van der Waals surface area contributed by atoms with E-state index in [1.807, 2.05) is 60.8 Å². The molecule has 4 aromatic rings. The summed E-state index contributed by atoms with van der Waals surface area (Å²) in [5.74, 6) is -0.319. The van der Waals surface area contributed by atoms with Crippen LogP contribution in [0.1, 0.15) is 27.3 Å². The Bertz CT molecular complexity index is 1400. The third-order valence-electron chi connectivity index (χ3n) is 6.81. The molecule has 6 nitrogen and oxygen atoms in total. The maximum Gasteiger partial charge on any atom is 0.254 e. The molecule has 3 heterocycles. The van der Waals surface area contributed by atoms with E-state index in [0.29, 0.717) is 48.9 Å². The molecule has 1 amide bonds. The molecule has 0 aliphatic carbocycles. The molecule has 0 saturated carbocycles. The van der Waals surface area contributed by atoms with Gasteiger partial charge in [0.1, 0.15) is 5.82 Å². The number of aromatic nitrogens is 3. The fourth-order valence-corrected chi connectivity index (χ4v) is 5.03. The lowest BCUT2D eigenvalue weighted by atomic mass is 10.0. The van der Waals surface area contributed by atoms with Gasteiger partial charge in [0.25, 0.3) is 5.91 Å². The minimum absolute atomic E-state index is 0.0207. The second-order valence-corrected chi connectivity index (χ2v) is 9.42. The van der Waals surface area contributed by atoms with Gasteiger partial charge in [0.15, 0.2) is 0 Å². The number of hydrogen-bond acceptors (Lipinski definition) is 4. The minimum Gasteiger partial charge on any atom is -0.336 e. The van der Waals surface area contributed by atoms with Crippen molar-refractivity contribution >= 4 is 28.4 Å². The van der Waals surface area contributed by atoms with Crippen LogP contribution >= 0.6 is 11.6 Å². The van der Waals surface area contributed by atoms with E-state index in [1.165, 1.54) is 6.07 Å². The third-order valence-corrected chi connectivity index (χ3v) is 7.17. The Morgan fingerprint density at radius 1 is 1.06 bits per heavy atom. The lowest BCUT2D eigenvalue weighted by Crippen LogP contribution is -2.48. The van der Waals surface area contributed by atoms with Crippen LogP contribution in [0.3, 0.4) is 0 Å². The highest BCUT2D eigenvalue weighted by atomic mass is 35.5. The summed E-state index contributed by atoms with van der Waals surface area (Å²) in [6.45, 7) is 6.80. The Kier molecular flexibility index (Phi) is 6.30. The van der Waals surface area contributed by atoms with Gasteiger partial charge in [0.2, 0.25) is 0 Å². The zero-order valence-corrected chi connectivity index (χ0v) is 20.8. The molecule has 0 bridgehead atoms. The Labute approximate surface area is 208 Å². The number of benzene rings is 2. The van der Waals surface area contributed by atoms with Gasteiger partial charge in [0, 0.05) is 67.0 Å². The monoisotopic (exact) mass is 491 g/mol. The molecule has 0 radical (unpaired) electrons. The van der Waals surface area contributed by atoms with E-state index in [2.05, 4.69) is 10.00 Å². The smallest absolute Gasteiger partial charge is 0.254 e. The van der Waals surface area contributed by atoms with E-state index < -0.39 is 0 Å². The van der Waals surface area contributed by atoms with Crippen LogP contribution in [-0.2, 0) is 13.6 Å². The maximum absolute atomic E-state index is 14.2. The van der Waals surface area contributed by atoms with Crippen molar-refractivity contribution in [2.45, 2.75) is 20.4 Å². The van der Waals surface area contributed by atoms with Crippen molar-refractivity contribution in [3.63, 3.8) is 0 Å². The second-order valence-electron chi connectivity index (χ2n) is 9.01. The zero-order valence-electron chi connectivity index (χ0n) is 20.1. The lowest BCUT2D eigenvalue weighted by molar-refractivity contribution is 0.0629. The van der Waals surface area contributed by atoms with Gasteiger partial charge in [-0.15, -0.1) is 0 Å². The molecule has 180 valence electrons. The number of rotatable bonds is 4. The summed E-state index contributed by atoms with van der Waals surface area (Å²) in [5.41, 5.74) is 5.51. The Morgan fingerprint density at radius 2 is 1.80 bits per heavy atom. The number of carbonyl (C=O) groups excluding carboxylic acids is 1. The first kappa shape index (κ1) is 23.5. The lowest BCUT2D eigenvalue weighted by Gasteiger charge is -2.35. The maximum atomic E-state index is 14.2. The summed E-state index contributed by atoms with van der Waals surface area (Å²) in [6.07, 6.45) is 0. The van der Waals surface area contributed by atoms with E-state index in [0.717, 1.165) is 33.5 Å². The highest BCUT2D eigenvalue weighted by Crippen LogP contribution is 2.30. The largest absolute Gasteiger partial charge is 0.336 e. The number of amides is 1. The number of carbonyl (C=O) groups is 1. The van der Waals surface area contributed by atoms with Crippen molar-refractivity contribution in [1.29, 1.82) is 0 Å². The summed E-state index contributed by atoms with van der Waals surface area (Å²) < 4.78 is 16.1. The van der Waals surface area contributed by atoms with Gasteiger partial charge in [-0.25, -0.2) is 9.37 Å². The summed E-state index contributed by atoms with van der Waals surface area (Å²) in [5, 5.41) is 5.79. The standard InChI is InChI=1S/C27H27ClFN5O/c1-17-26(18(2)32(3)31-17)25-15-20(19-7-4-5-10-24(19)30-25)27(35)34-13-11-33(12-14-34)16-21-22(28)8-6-9-23(21)29/h4-10,15H,11-14,16H2,1-3H3. The van der Waals surface area contributed by atoms with Crippen LogP contribution in [0.5, 0.6) is 0 Å². The van der Waals surface area contributed by atoms with Crippen molar-refractivity contribution in [1.82, 2.24) is 24.6 Å². The number of hydrogen-bond donors (Lipinski definition) is 0. The zero-order chi connectivity index (χ0) is 24.7. The van der Waals surface area contributed by atoms with Gasteiger partial charge in [-0.05, 0) is 38.1 Å². The van der Waals surface area contributed by atoms with Crippen LogP contribution in [0.2, 0.25) is 5.02 Å². The summed E-state index contributed by atoms with van der Waals surface area (Å²) in [4.78, 5) is 22.6. The van der Waals surface area contributed by atoms with Crippen LogP contribution in [0, 0.1) is 19.7 Å². The minimum atomic E-state index is -0.298. The van der Waals surface area contributed by atoms with Crippen LogP contribution < -0.4 is 0 Å². The molecule has 5 rings (SSSR count). The van der Waals surface area contributed by atoms with Gasteiger partial charge >= 0.3 is 0 Å². The average Bonchev–Trinajstić information content (AvgIpc) is 3.11. The van der Waals surface area contributed by atoms with Gasteiger partial charge in [-0.3, -0.25) is 14.4 Å². The first-order valence-electron chi connectivity index (χ1n) is 11.7. The molecule has 0 atom stereocenters. The Hall–Kier alpha value is -3.29. The molecule has 1 saturated heterocycles. The summed E-state index contributed by atoms with van der Waals surface area (Å²) >= 11 is 6.21. The molecule has 0 spiro atoms. The van der Waals surface area contributed by atoms with Crippen LogP contribution in [0.25, 0.3) is 22.2 Å². The molecular weight excluding hydrogens is 465 g/mol. The highest BCUT2D eigenvalue weighted by molar-refractivity contribution is 6.31. The normalized spacial score (nSPS) is 14.6. The van der Waals surface area contributed by atoms with E-state index in [9.17, 15) is 9.18 Å². The quantitative estimate of drug-likeness (QED) is 0.403. The SMILES string of the molecule is Cc1nn(C)c(C)c1-c1cc(C(=O)N2CCN(Cc3c(F)cccc3Cl)CC2)c2ccccc2n1. The third kappa shape index (κ3) is 4.42. The fourth-order valence-electron chi connectivity index (χ4n) is 4.81. The molecule has 2 aromatic heterocycles. The number of pyridine rings is 1. The van der Waals surface area contributed by atoms with Crippen molar-refractivity contribution in [3.05, 3.63) is 81.9 Å². The van der Waals surface area contributed by atoms with Gasteiger partial charge in [-0.2, -0.15) is 5.10 Å². The van der Waals surface area contributed by atoms with E-state index in [-0.39, 0.29) is 11.7 Å². The predicted octanol–water partition coefficient (Wildman–Crippen LogP) is 5.00. The molecule has 1 aliphatic rings. The Morgan fingerprint density at radius 3 is 2.49 bits per heavy atom. The van der Waals surface area contributed by atoms with Crippen molar-refractivity contribution < 1.29 is 9.18 Å². The Balaban J connectivity index is 1.41. The number of halogens is 2. The molecule has 8 heteroatoms. The summed E-state index contributed by atoms with van der Waals surface area (Å²) in [7, 11) is 1.91.